The molecule has 0 N–H and O–H groups in total. The molecule has 7 heteroatoms. The van der Waals surface area contributed by atoms with E-state index in [1.807, 2.05) is 18.2 Å². The molecule has 0 aliphatic carbocycles. The van der Waals surface area contributed by atoms with Gasteiger partial charge in [-0.3, -0.25) is 0 Å². The molecule has 0 radical (unpaired) electrons. The van der Waals surface area contributed by atoms with Gasteiger partial charge in [-0.15, -0.1) is 0 Å². The Hall–Kier alpha value is -6.44. The first-order valence-electron chi connectivity index (χ1n) is 16.0. The molecule has 3 heterocycles. The first-order chi connectivity index (χ1) is 24.2. The van der Waals surface area contributed by atoms with E-state index in [2.05, 4.69) is 136 Å². The molecule has 0 unspecified atom stereocenters. The molecule has 0 saturated carbocycles. The fraction of sp³-hybridized carbons (Fsp3) is 0. The van der Waals surface area contributed by atoms with E-state index in [9.17, 15) is 0 Å². The van der Waals surface area contributed by atoms with Crippen molar-refractivity contribution in [3.05, 3.63) is 146 Å². The molecule has 0 atom stereocenters. The minimum atomic E-state index is 0.611. The Labute approximate surface area is 284 Å². The third-order valence-corrected chi connectivity index (χ3v) is 9.70. The van der Waals surface area contributed by atoms with Gasteiger partial charge in [-0.25, -0.2) is 19.9 Å². The minimum Gasteiger partial charge on any atom is -0.247 e. The molecule has 0 amide bonds. The van der Waals surface area contributed by atoms with Crippen LogP contribution in [-0.4, -0.2) is 28.7 Å². The van der Waals surface area contributed by atoms with Crippen molar-refractivity contribution < 1.29 is 0 Å². The first-order valence-corrected chi connectivity index (χ1v) is 16.8. The van der Waals surface area contributed by atoms with Crippen molar-refractivity contribution in [1.82, 2.24) is 28.7 Å². The van der Waals surface area contributed by atoms with Gasteiger partial charge in [0.25, 0.3) is 0 Å². The van der Waals surface area contributed by atoms with Gasteiger partial charge < -0.3 is 0 Å². The van der Waals surface area contributed by atoms with Gasteiger partial charge in [0.15, 0.2) is 17.5 Å². The summed E-state index contributed by atoms with van der Waals surface area (Å²) in [6.07, 6.45) is 0. The number of benzene rings is 7. The van der Waals surface area contributed by atoms with Crippen molar-refractivity contribution in [1.29, 1.82) is 0 Å². The fourth-order valence-electron chi connectivity index (χ4n) is 6.70. The first kappa shape index (κ1) is 27.7. The highest BCUT2D eigenvalue weighted by Crippen LogP contribution is 2.37. The van der Waals surface area contributed by atoms with Crippen LogP contribution in [0.1, 0.15) is 0 Å². The molecule has 0 bridgehead atoms. The topological polar surface area (TPSA) is 77.3 Å². The highest BCUT2D eigenvalue weighted by molar-refractivity contribution is 7.00. The van der Waals surface area contributed by atoms with Crippen LogP contribution in [0.3, 0.4) is 0 Å². The Kier molecular flexibility index (Phi) is 6.25. The Bertz CT molecular complexity index is 2800. The third-order valence-electron chi connectivity index (χ3n) is 9.16. The van der Waals surface area contributed by atoms with Crippen LogP contribution in [0.25, 0.3) is 99.7 Å². The van der Waals surface area contributed by atoms with Gasteiger partial charge in [-0.05, 0) is 51.9 Å². The summed E-state index contributed by atoms with van der Waals surface area (Å²) in [5.74, 6) is 1.87. The maximum atomic E-state index is 5.14. The highest BCUT2D eigenvalue weighted by Gasteiger charge is 2.17. The van der Waals surface area contributed by atoms with E-state index >= 15 is 0 Å². The average Bonchev–Trinajstić information content (AvgIpc) is 3.66. The Morgan fingerprint density at radius 2 is 0.918 bits per heavy atom. The molecule has 228 valence electrons. The average molecular weight is 645 g/mol. The van der Waals surface area contributed by atoms with Gasteiger partial charge in [-0.2, -0.15) is 8.75 Å². The Balaban J connectivity index is 1.13. The van der Waals surface area contributed by atoms with Crippen molar-refractivity contribution in [3.63, 3.8) is 0 Å². The van der Waals surface area contributed by atoms with Crippen molar-refractivity contribution >= 4 is 66.0 Å². The van der Waals surface area contributed by atoms with Gasteiger partial charge in [-0.1, -0.05) is 115 Å². The van der Waals surface area contributed by atoms with Crippen LogP contribution >= 0.6 is 11.7 Å². The molecule has 0 fully saturated rings. The van der Waals surface area contributed by atoms with Crippen LogP contribution in [-0.2, 0) is 0 Å². The van der Waals surface area contributed by atoms with Gasteiger partial charge in [0.1, 0.15) is 11.0 Å². The zero-order chi connectivity index (χ0) is 32.3. The van der Waals surface area contributed by atoms with Crippen LogP contribution in [0.4, 0.5) is 0 Å². The van der Waals surface area contributed by atoms with E-state index in [4.69, 9.17) is 19.9 Å². The summed E-state index contributed by atoms with van der Waals surface area (Å²) >= 11 is 1.24. The normalized spacial score (nSPS) is 11.7. The smallest absolute Gasteiger partial charge is 0.164 e. The van der Waals surface area contributed by atoms with E-state index in [1.165, 1.54) is 22.5 Å². The minimum absolute atomic E-state index is 0.611. The lowest BCUT2D eigenvalue weighted by atomic mass is 9.98. The van der Waals surface area contributed by atoms with Crippen molar-refractivity contribution in [2.45, 2.75) is 0 Å². The van der Waals surface area contributed by atoms with E-state index < -0.39 is 0 Å². The van der Waals surface area contributed by atoms with E-state index in [0.29, 0.717) is 17.5 Å². The highest BCUT2D eigenvalue weighted by atomic mass is 32.1. The van der Waals surface area contributed by atoms with Crippen LogP contribution in [0, 0.1) is 0 Å². The maximum Gasteiger partial charge on any atom is 0.164 e. The van der Waals surface area contributed by atoms with Crippen LogP contribution in [0.15, 0.2) is 146 Å². The van der Waals surface area contributed by atoms with E-state index in [1.54, 1.807) is 0 Å². The monoisotopic (exact) mass is 644 g/mol. The van der Waals surface area contributed by atoms with Crippen LogP contribution in [0.5, 0.6) is 0 Å². The van der Waals surface area contributed by atoms with Gasteiger partial charge in [0, 0.05) is 38.4 Å². The number of fused-ring (bicyclic) bond motifs is 7. The largest absolute Gasteiger partial charge is 0.247 e. The molecule has 0 aliphatic rings. The predicted octanol–water partition coefficient (Wildman–Crippen LogP) is 10.6. The molecule has 0 aliphatic heterocycles. The molecule has 6 nitrogen and oxygen atoms in total. The summed E-state index contributed by atoms with van der Waals surface area (Å²) in [4.78, 5) is 20.2. The number of hydrogen-bond donors (Lipinski definition) is 0. The number of para-hydroxylation sites is 1. The third kappa shape index (κ3) is 4.71. The molecule has 0 spiro atoms. The summed E-state index contributed by atoms with van der Waals surface area (Å²) in [5, 5.41) is 7.82. The Morgan fingerprint density at radius 3 is 1.59 bits per heavy atom. The summed E-state index contributed by atoms with van der Waals surface area (Å²) in [7, 11) is 0. The number of nitrogens with zero attached hydrogens (tertiary/aromatic N) is 6. The van der Waals surface area contributed by atoms with E-state index in [-0.39, 0.29) is 0 Å². The number of rotatable bonds is 4. The standard InChI is InChI=1S/C42H24N6S/c1-3-9-29-23-31(19-13-25(29)7-1)41-44-40(45-42(46-41)32-20-14-26-8-2-4-10-30(26)24-32)28-17-15-27(16-18-28)38-34-21-22-36-39(48-49-47-36)37(34)33-11-5-6-12-35(33)43-38/h1-24H. The van der Waals surface area contributed by atoms with Crippen molar-refractivity contribution in [3.8, 4) is 45.4 Å². The van der Waals surface area contributed by atoms with Crippen LogP contribution in [0.2, 0.25) is 0 Å². The fourth-order valence-corrected chi connectivity index (χ4v) is 7.24. The predicted molar refractivity (Wildman–Crippen MR) is 200 cm³/mol. The molecule has 3 aromatic heterocycles. The molecular formula is C42H24N6S. The second-order valence-electron chi connectivity index (χ2n) is 12.1. The Morgan fingerprint density at radius 1 is 0.367 bits per heavy atom. The zero-order valence-electron chi connectivity index (χ0n) is 25.9. The SMILES string of the molecule is c1ccc2cc(-c3nc(-c4ccc(-c5nc6ccccc6c6c5ccc5nsnc56)cc4)nc(-c4ccc5ccccc5c4)n3)ccc2c1. The van der Waals surface area contributed by atoms with Gasteiger partial charge in [0.05, 0.1) is 22.9 Å². The molecular weight excluding hydrogens is 621 g/mol. The van der Waals surface area contributed by atoms with Crippen molar-refractivity contribution in [2.24, 2.45) is 0 Å². The second-order valence-corrected chi connectivity index (χ2v) is 12.6. The molecule has 10 aromatic rings. The van der Waals surface area contributed by atoms with Crippen LogP contribution < -0.4 is 0 Å². The van der Waals surface area contributed by atoms with Crippen molar-refractivity contribution in [2.75, 3.05) is 0 Å². The summed E-state index contributed by atoms with van der Waals surface area (Å²) in [6, 6.07) is 50.1. The molecule has 7 aromatic carbocycles. The maximum absolute atomic E-state index is 5.14. The lowest BCUT2D eigenvalue weighted by molar-refractivity contribution is 1.08. The quantitative estimate of drug-likeness (QED) is 0.177. The number of hydrogen-bond acceptors (Lipinski definition) is 7. The van der Waals surface area contributed by atoms with Gasteiger partial charge in [0.2, 0.25) is 0 Å². The van der Waals surface area contributed by atoms with E-state index in [0.717, 1.165) is 71.4 Å². The van der Waals surface area contributed by atoms with Gasteiger partial charge >= 0.3 is 0 Å². The summed E-state index contributed by atoms with van der Waals surface area (Å²) < 4.78 is 9.17. The molecule has 10 rings (SSSR count). The summed E-state index contributed by atoms with van der Waals surface area (Å²) in [5.41, 5.74) is 7.41. The summed E-state index contributed by atoms with van der Waals surface area (Å²) in [6.45, 7) is 0. The molecule has 49 heavy (non-hydrogen) atoms. The zero-order valence-corrected chi connectivity index (χ0v) is 26.8. The second kappa shape index (κ2) is 11.1. The lowest BCUT2D eigenvalue weighted by Gasteiger charge is -2.12. The molecule has 0 saturated heterocycles. The number of aromatic nitrogens is 6. The number of pyridine rings is 1. The lowest BCUT2D eigenvalue weighted by Crippen LogP contribution is -2.00.